The van der Waals surface area contributed by atoms with Gasteiger partial charge < -0.3 is 18.1 Å². The fourth-order valence-electron chi connectivity index (χ4n) is 7.29. The Bertz CT molecular complexity index is 2450. The number of rotatable bonds is 7. The zero-order chi connectivity index (χ0) is 37.4. The number of pyridine rings is 1. The molecule has 0 aliphatic carbocycles. The normalized spacial score (nSPS) is 13.9. The zero-order valence-corrected chi connectivity index (χ0v) is 32.0. The summed E-state index contributed by atoms with van der Waals surface area (Å²) < 4.78 is 39.7. The van der Waals surface area contributed by atoms with E-state index in [0.717, 1.165) is 44.5 Å². The molecule has 0 saturated heterocycles. The highest BCUT2D eigenvalue weighted by molar-refractivity contribution is 6.99. The third kappa shape index (κ3) is 6.08. The molecule has 0 radical (unpaired) electrons. The minimum atomic E-state index is -2.41. The molecule has 0 amide bonds. The topological polar surface area (TPSA) is 39.1 Å². The maximum Gasteiger partial charge on any atom is 0.244 e. The fraction of sp³-hybridized carbons (Fsp3) is 0.268. The molecule has 0 spiro atoms. The van der Waals surface area contributed by atoms with Gasteiger partial charge in [0.15, 0.2) is 0 Å². The van der Waals surface area contributed by atoms with Crippen LogP contribution in [0.15, 0.2) is 103 Å². The standard InChI is InChI=1S/C41H47N5OSi2/c1-41(2,3)29-22-23-42-40(24-29)45-36-17-12-11-16-34(36)35-20-19-33(27-38(35)45)47-32-15-13-14-30(25-32)44-28-43(4)39-26-31(18-21-37(39)44)46(48(5,6)7)49(8,9)10/h11-27H,1-10H3/i4D3. The van der Waals surface area contributed by atoms with Crippen molar-refractivity contribution < 1.29 is 13.4 Å². The molecule has 0 aliphatic heterocycles. The highest BCUT2D eigenvalue weighted by Gasteiger charge is 2.34. The lowest BCUT2D eigenvalue weighted by Crippen LogP contribution is -2.59. The summed E-state index contributed by atoms with van der Waals surface area (Å²) in [5.41, 5.74) is 6.47. The molecule has 0 aliphatic rings. The number of anilines is 1. The first-order valence-electron chi connectivity index (χ1n) is 18.4. The van der Waals surface area contributed by atoms with E-state index in [-0.39, 0.29) is 5.41 Å². The molecule has 3 heterocycles. The van der Waals surface area contributed by atoms with Gasteiger partial charge in [0.2, 0.25) is 6.33 Å². The number of imidazole rings is 1. The van der Waals surface area contributed by atoms with E-state index in [1.54, 1.807) is 0 Å². The Morgan fingerprint density at radius 2 is 1.49 bits per heavy atom. The highest BCUT2D eigenvalue weighted by Crippen LogP contribution is 2.36. The van der Waals surface area contributed by atoms with Gasteiger partial charge in [-0.1, -0.05) is 96.5 Å². The quantitative estimate of drug-likeness (QED) is 0.0953. The second kappa shape index (κ2) is 11.7. The van der Waals surface area contributed by atoms with Crippen LogP contribution in [0.4, 0.5) is 5.69 Å². The van der Waals surface area contributed by atoms with Crippen LogP contribution in [-0.4, -0.2) is 30.6 Å². The maximum atomic E-state index is 8.40. The van der Waals surface area contributed by atoms with Gasteiger partial charge in [-0.3, -0.25) is 4.57 Å². The number of nitrogens with zero attached hydrogens (tertiary/aromatic N) is 5. The Morgan fingerprint density at radius 3 is 2.22 bits per heavy atom. The summed E-state index contributed by atoms with van der Waals surface area (Å²) in [7, 11) is -3.54. The molecule has 0 unspecified atom stereocenters. The van der Waals surface area contributed by atoms with Crippen LogP contribution in [-0.2, 0) is 12.4 Å². The molecule has 0 saturated carbocycles. The first-order valence-corrected chi connectivity index (χ1v) is 23.8. The van der Waals surface area contributed by atoms with E-state index >= 15 is 0 Å². The number of hydrogen-bond acceptors (Lipinski definition) is 3. The number of para-hydroxylation sites is 1. The summed E-state index contributed by atoms with van der Waals surface area (Å²) in [6.07, 6.45) is 5.05. The van der Waals surface area contributed by atoms with Gasteiger partial charge in [0.05, 0.1) is 38.8 Å². The van der Waals surface area contributed by atoms with Crippen LogP contribution in [0.25, 0.3) is 44.3 Å². The highest BCUT2D eigenvalue weighted by atomic mass is 28.4. The Labute approximate surface area is 296 Å². The summed E-state index contributed by atoms with van der Waals surface area (Å²) in [6.45, 7) is 18.3. The number of hydrogen-bond donors (Lipinski definition) is 0. The SMILES string of the molecule is [2H]C([2H])([2H])[n+]1[c-]n(-c2cccc(Oc3ccc4c5ccccc5n(-c5cc(C(C)(C)C)ccn5)c4c3)c2)c2ccc(N([Si](C)(C)C)[Si](C)(C)C)cc21. The van der Waals surface area contributed by atoms with Gasteiger partial charge in [0.25, 0.3) is 0 Å². The van der Waals surface area contributed by atoms with E-state index in [0.29, 0.717) is 17.0 Å². The monoisotopic (exact) mass is 684 g/mol. The molecule has 250 valence electrons. The Morgan fingerprint density at radius 1 is 0.755 bits per heavy atom. The maximum absolute atomic E-state index is 8.40. The molecular formula is C41H47N5OSi2. The number of aryl methyl sites for hydroxylation is 1. The second-order valence-electron chi connectivity index (χ2n) is 15.9. The van der Waals surface area contributed by atoms with Crippen LogP contribution < -0.4 is 13.5 Å². The van der Waals surface area contributed by atoms with Crippen LogP contribution in [0.5, 0.6) is 11.5 Å². The summed E-state index contributed by atoms with van der Waals surface area (Å²) in [6, 6.07) is 32.7. The van der Waals surface area contributed by atoms with Crippen LogP contribution in [0.2, 0.25) is 39.3 Å². The van der Waals surface area contributed by atoms with E-state index in [2.05, 4.69) is 130 Å². The van der Waals surface area contributed by atoms with E-state index in [9.17, 15) is 0 Å². The first kappa shape index (κ1) is 29.3. The Balaban J connectivity index is 1.31. The van der Waals surface area contributed by atoms with Crippen LogP contribution in [0.3, 0.4) is 0 Å². The van der Waals surface area contributed by atoms with E-state index in [4.69, 9.17) is 13.8 Å². The third-order valence-corrected chi connectivity index (χ3v) is 16.3. The summed E-state index contributed by atoms with van der Waals surface area (Å²) in [4.78, 5) is 4.81. The first-order chi connectivity index (χ1) is 24.3. The van der Waals surface area contributed by atoms with Gasteiger partial charge in [0, 0.05) is 28.7 Å². The summed E-state index contributed by atoms with van der Waals surface area (Å²) >= 11 is 0. The average Bonchev–Trinajstić information content (AvgIpc) is 3.59. The minimum absolute atomic E-state index is 0.0223. The van der Waals surface area contributed by atoms with Crippen molar-refractivity contribution >= 4 is 55.0 Å². The molecule has 7 rings (SSSR count). The van der Waals surface area contributed by atoms with Gasteiger partial charge in [-0.05, 0) is 65.6 Å². The van der Waals surface area contributed by atoms with Crippen molar-refractivity contribution in [2.45, 2.75) is 65.5 Å². The van der Waals surface area contributed by atoms with Gasteiger partial charge >= 0.3 is 0 Å². The number of benzene rings is 4. The number of aromatic nitrogens is 4. The predicted octanol–water partition coefficient (Wildman–Crippen LogP) is 10.3. The molecule has 0 fully saturated rings. The van der Waals surface area contributed by atoms with Crippen molar-refractivity contribution in [3.63, 3.8) is 0 Å². The third-order valence-electron chi connectivity index (χ3n) is 9.04. The van der Waals surface area contributed by atoms with Crippen molar-refractivity contribution in [2.75, 3.05) is 4.23 Å². The molecule has 0 bridgehead atoms. The lowest BCUT2D eigenvalue weighted by atomic mass is 9.88. The van der Waals surface area contributed by atoms with Crippen LogP contribution >= 0.6 is 0 Å². The molecule has 49 heavy (non-hydrogen) atoms. The lowest BCUT2D eigenvalue weighted by Gasteiger charge is -2.46. The van der Waals surface area contributed by atoms with Crippen LogP contribution in [0, 0.1) is 6.33 Å². The molecule has 8 heteroatoms. The van der Waals surface area contributed by atoms with Gasteiger partial charge in [-0.2, -0.15) is 0 Å². The lowest BCUT2D eigenvalue weighted by molar-refractivity contribution is -0.649. The van der Waals surface area contributed by atoms with E-state index in [1.807, 2.05) is 53.2 Å². The Hall–Kier alpha value is -4.67. The summed E-state index contributed by atoms with van der Waals surface area (Å²) in [5, 5.41) is 2.26. The zero-order valence-electron chi connectivity index (χ0n) is 33.0. The molecule has 3 aromatic heterocycles. The molecule has 6 nitrogen and oxygen atoms in total. The predicted molar refractivity (Wildman–Crippen MR) is 210 cm³/mol. The van der Waals surface area contributed by atoms with E-state index in [1.165, 1.54) is 10.1 Å². The average molecular weight is 685 g/mol. The molecule has 0 N–H and O–H groups in total. The van der Waals surface area contributed by atoms with Crippen LogP contribution in [0.1, 0.15) is 30.4 Å². The number of fused-ring (bicyclic) bond motifs is 4. The van der Waals surface area contributed by atoms with Crippen molar-refractivity contribution in [1.29, 1.82) is 0 Å². The summed E-state index contributed by atoms with van der Waals surface area (Å²) in [5.74, 6) is 2.17. The second-order valence-corrected chi connectivity index (χ2v) is 25.9. The van der Waals surface area contributed by atoms with Crippen molar-refractivity contribution in [1.82, 2.24) is 14.1 Å². The minimum Gasteiger partial charge on any atom is -0.458 e. The smallest absolute Gasteiger partial charge is 0.244 e. The Kier molecular flexibility index (Phi) is 7.01. The molecule has 7 aromatic rings. The molecule has 0 atom stereocenters. The fourth-order valence-corrected chi connectivity index (χ4v) is 17.2. The molecule has 4 aromatic carbocycles. The van der Waals surface area contributed by atoms with Gasteiger partial charge in [-0.25, -0.2) is 4.98 Å². The van der Waals surface area contributed by atoms with Gasteiger partial charge in [-0.15, -0.1) is 0 Å². The molecular weight excluding hydrogens is 635 g/mol. The van der Waals surface area contributed by atoms with E-state index < -0.39 is 23.4 Å². The van der Waals surface area contributed by atoms with Gasteiger partial charge in [0.1, 0.15) is 33.8 Å². The van der Waals surface area contributed by atoms with Crippen molar-refractivity contribution in [3.05, 3.63) is 115 Å². The van der Waals surface area contributed by atoms with Crippen molar-refractivity contribution in [3.8, 4) is 23.0 Å². The number of ether oxygens (including phenoxy) is 1. The van der Waals surface area contributed by atoms with Crippen molar-refractivity contribution in [2.24, 2.45) is 6.98 Å². The largest absolute Gasteiger partial charge is 0.458 e.